The summed E-state index contributed by atoms with van der Waals surface area (Å²) < 4.78 is 6.39. The molecular formula is C14H14ClN3O2S. The van der Waals surface area contributed by atoms with E-state index >= 15 is 0 Å². The average Bonchev–Trinajstić information content (AvgIpc) is 3.10. The minimum Gasteiger partial charge on any atom is -0.471 e. The van der Waals surface area contributed by atoms with Gasteiger partial charge in [0.05, 0.1) is 21.5 Å². The summed E-state index contributed by atoms with van der Waals surface area (Å²) in [6.45, 7) is 3.11. The summed E-state index contributed by atoms with van der Waals surface area (Å²) in [7, 11) is 0. The predicted octanol–water partition coefficient (Wildman–Crippen LogP) is 2.79. The van der Waals surface area contributed by atoms with Crippen molar-refractivity contribution >= 4 is 28.8 Å². The van der Waals surface area contributed by atoms with Crippen LogP contribution in [-0.2, 0) is 0 Å². The summed E-state index contributed by atoms with van der Waals surface area (Å²) >= 11 is 7.17. The van der Waals surface area contributed by atoms with E-state index in [0.717, 1.165) is 12.1 Å². The summed E-state index contributed by atoms with van der Waals surface area (Å²) in [6, 6.07) is 7.15. The van der Waals surface area contributed by atoms with Crippen molar-refractivity contribution in [3.63, 3.8) is 0 Å². The standard InChI is InChI=1S/C14H14ClN3O2S/c1-9-2-5-13(17-16-9)20-10-6-7-18(8-10)14(19)11-3-4-12(15)21-11/h2-5,10H,6-8H2,1H3/t10-/m1/s1. The van der Waals surface area contributed by atoms with Gasteiger partial charge >= 0.3 is 0 Å². The van der Waals surface area contributed by atoms with E-state index in [1.54, 1.807) is 23.1 Å². The highest BCUT2D eigenvalue weighted by Gasteiger charge is 2.29. The van der Waals surface area contributed by atoms with Crippen LogP contribution in [0.3, 0.4) is 0 Å². The van der Waals surface area contributed by atoms with Gasteiger partial charge in [-0.15, -0.1) is 16.4 Å². The molecule has 0 N–H and O–H groups in total. The van der Waals surface area contributed by atoms with Crippen molar-refractivity contribution in [2.75, 3.05) is 13.1 Å². The Labute approximate surface area is 131 Å². The van der Waals surface area contributed by atoms with Gasteiger partial charge in [0.25, 0.3) is 5.91 Å². The molecule has 2 aromatic heterocycles. The number of halogens is 1. The highest BCUT2D eigenvalue weighted by molar-refractivity contribution is 7.17. The van der Waals surface area contributed by atoms with E-state index in [2.05, 4.69) is 10.2 Å². The number of hydrogen-bond donors (Lipinski definition) is 0. The highest BCUT2D eigenvalue weighted by Crippen LogP contribution is 2.25. The molecule has 110 valence electrons. The average molecular weight is 324 g/mol. The van der Waals surface area contributed by atoms with Gasteiger partial charge in [-0.1, -0.05) is 11.6 Å². The van der Waals surface area contributed by atoms with Gasteiger partial charge in [0.1, 0.15) is 6.10 Å². The first kappa shape index (κ1) is 14.3. The third-order valence-electron chi connectivity index (χ3n) is 3.28. The summed E-state index contributed by atoms with van der Waals surface area (Å²) in [5.41, 5.74) is 0.847. The van der Waals surface area contributed by atoms with Crippen LogP contribution in [0.25, 0.3) is 0 Å². The third-order valence-corrected chi connectivity index (χ3v) is 4.50. The molecular weight excluding hydrogens is 310 g/mol. The molecule has 0 aromatic carbocycles. The SMILES string of the molecule is Cc1ccc(O[C@@H]2CCN(C(=O)c3ccc(Cl)s3)C2)nn1. The fourth-order valence-electron chi connectivity index (χ4n) is 2.21. The topological polar surface area (TPSA) is 55.3 Å². The number of aryl methyl sites for hydroxylation is 1. The quantitative estimate of drug-likeness (QED) is 0.871. The molecule has 0 bridgehead atoms. The minimum atomic E-state index is -0.0404. The molecule has 1 saturated heterocycles. The number of carbonyl (C=O) groups is 1. The van der Waals surface area contributed by atoms with E-state index in [0.29, 0.717) is 28.2 Å². The zero-order chi connectivity index (χ0) is 14.8. The molecule has 1 atom stereocenters. The van der Waals surface area contributed by atoms with Crippen LogP contribution in [0.1, 0.15) is 21.8 Å². The Morgan fingerprint density at radius 2 is 2.24 bits per heavy atom. The smallest absolute Gasteiger partial charge is 0.264 e. The molecule has 1 fully saturated rings. The van der Waals surface area contributed by atoms with E-state index in [1.165, 1.54) is 11.3 Å². The molecule has 0 radical (unpaired) electrons. The monoisotopic (exact) mass is 323 g/mol. The van der Waals surface area contributed by atoms with Crippen LogP contribution >= 0.6 is 22.9 Å². The van der Waals surface area contributed by atoms with Crippen molar-refractivity contribution in [1.29, 1.82) is 0 Å². The van der Waals surface area contributed by atoms with E-state index < -0.39 is 0 Å². The fraction of sp³-hybridized carbons (Fsp3) is 0.357. The maximum Gasteiger partial charge on any atom is 0.264 e. The van der Waals surface area contributed by atoms with Crippen LogP contribution in [0.15, 0.2) is 24.3 Å². The van der Waals surface area contributed by atoms with Crippen molar-refractivity contribution in [3.05, 3.63) is 39.2 Å². The lowest BCUT2D eigenvalue weighted by Gasteiger charge is -2.16. The second-order valence-corrected chi connectivity index (χ2v) is 6.61. The lowest BCUT2D eigenvalue weighted by molar-refractivity contribution is 0.0775. The van der Waals surface area contributed by atoms with Crippen molar-refractivity contribution in [2.24, 2.45) is 0 Å². The maximum absolute atomic E-state index is 12.3. The molecule has 3 heterocycles. The van der Waals surface area contributed by atoms with Gasteiger partial charge in [0, 0.05) is 19.0 Å². The minimum absolute atomic E-state index is 0.00740. The number of rotatable bonds is 3. The molecule has 0 spiro atoms. The Bertz CT molecular complexity index is 644. The van der Waals surface area contributed by atoms with Crippen molar-refractivity contribution in [3.8, 4) is 5.88 Å². The normalized spacial score (nSPS) is 18.0. The number of likely N-dealkylation sites (tertiary alicyclic amines) is 1. The highest BCUT2D eigenvalue weighted by atomic mass is 35.5. The van der Waals surface area contributed by atoms with Crippen LogP contribution in [-0.4, -0.2) is 40.2 Å². The fourth-order valence-corrected chi connectivity index (χ4v) is 3.23. The largest absolute Gasteiger partial charge is 0.471 e. The number of amides is 1. The number of nitrogens with zero attached hydrogens (tertiary/aromatic N) is 3. The predicted molar refractivity (Wildman–Crippen MR) is 81.0 cm³/mol. The third kappa shape index (κ3) is 3.33. The Morgan fingerprint density at radius 1 is 1.38 bits per heavy atom. The molecule has 3 rings (SSSR count). The van der Waals surface area contributed by atoms with Gasteiger partial charge in [-0.05, 0) is 25.1 Å². The molecule has 1 aliphatic heterocycles. The molecule has 2 aromatic rings. The van der Waals surface area contributed by atoms with Gasteiger partial charge in [-0.3, -0.25) is 4.79 Å². The van der Waals surface area contributed by atoms with Gasteiger partial charge in [0.2, 0.25) is 5.88 Å². The zero-order valence-electron chi connectivity index (χ0n) is 11.5. The summed E-state index contributed by atoms with van der Waals surface area (Å²) in [5.74, 6) is 0.507. The first-order valence-electron chi connectivity index (χ1n) is 6.63. The maximum atomic E-state index is 12.3. The van der Waals surface area contributed by atoms with Crippen LogP contribution in [0.4, 0.5) is 0 Å². The van der Waals surface area contributed by atoms with Gasteiger partial charge in [0.15, 0.2) is 0 Å². The summed E-state index contributed by atoms with van der Waals surface area (Å²) in [5, 5.41) is 7.94. The number of carbonyl (C=O) groups excluding carboxylic acids is 1. The lowest BCUT2D eigenvalue weighted by atomic mass is 10.3. The Hall–Kier alpha value is -1.66. The first-order valence-corrected chi connectivity index (χ1v) is 7.83. The second-order valence-electron chi connectivity index (χ2n) is 4.90. The molecule has 21 heavy (non-hydrogen) atoms. The van der Waals surface area contributed by atoms with Crippen molar-refractivity contribution in [1.82, 2.24) is 15.1 Å². The van der Waals surface area contributed by atoms with E-state index in [-0.39, 0.29) is 12.0 Å². The van der Waals surface area contributed by atoms with E-state index in [4.69, 9.17) is 16.3 Å². The number of hydrogen-bond acceptors (Lipinski definition) is 5. The van der Waals surface area contributed by atoms with Crippen LogP contribution < -0.4 is 4.74 Å². The van der Waals surface area contributed by atoms with Crippen molar-refractivity contribution in [2.45, 2.75) is 19.4 Å². The molecule has 0 unspecified atom stereocenters. The van der Waals surface area contributed by atoms with Gasteiger partial charge < -0.3 is 9.64 Å². The Balaban J connectivity index is 1.60. The molecule has 1 aliphatic rings. The van der Waals surface area contributed by atoms with Crippen LogP contribution in [0, 0.1) is 6.92 Å². The molecule has 0 saturated carbocycles. The van der Waals surface area contributed by atoms with E-state index in [1.807, 2.05) is 13.0 Å². The second kappa shape index (κ2) is 5.99. The number of aromatic nitrogens is 2. The Morgan fingerprint density at radius 3 is 2.90 bits per heavy atom. The molecule has 1 amide bonds. The van der Waals surface area contributed by atoms with E-state index in [9.17, 15) is 4.79 Å². The molecule has 0 aliphatic carbocycles. The number of thiophene rings is 1. The van der Waals surface area contributed by atoms with Crippen LogP contribution in [0.5, 0.6) is 5.88 Å². The first-order chi connectivity index (χ1) is 10.1. The van der Waals surface area contributed by atoms with Gasteiger partial charge in [-0.2, -0.15) is 5.10 Å². The van der Waals surface area contributed by atoms with Crippen molar-refractivity contribution < 1.29 is 9.53 Å². The summed E-state index contributed by atoms with van der Waals surface area (Å²) in [6.07, 6.45) is 0.752. The molecule has 7 heteroatoms. The lowest BCUT2D eigenvalue weighted by Crippen LogP contribution is -2.30. The zero-order valence-corrected chi connectivity index (χ0v) is 13.0. The Kier molecular flexibility index (Phi) is 4.07. The molecule has 5 nitrogen and oxygen atoms in total. The van der Waals surface area contributed by atoms with Gasteiger partial charge in [-0.25, -0.2) is 0 Å². The number of ether oxygens (including phenoxy) is 1. The van der Waals surface area contributed by atoms with Crippen LogP contribution in [0.2, 0.25) is 4.34 Å². The summed E-state index contributed by atoms with van der Waals surface area (Å²) in [4.78, 5) is 14.7.